The smallest absolute Gasteiger partial charge is 0.460 e. The predicted molar refractivity (Wildman–Crippen MR) is 58.2 cm³/mol. The molecule has 0 aromatic rings. The lowest BCUT2D eigenvalue weighted by atomic mass is 9.77. The fraction of sp³-hybridized carbons (Fsp3) is 0.923. The SMILES string of the molecule is CC1(C)[C@@H]2CC[C@H]1C(C(=O)C(F)(F)C(F)(F)C(F)(F)F)C2[O-]. The molecule has 0 N–H and O–H groups in total. The molecule has 0 aliphatic heterocycles. The first-order valence-corrected chi connectivity index (χ1v) is 6.70. The lowest BCUT2D eigenvalue weighted by molar-refractivity contribution is -0.442. The zero-order valence-electron chi connectivity index (χ0n) is 11.7. The Bertz CT molecular complexity index is 483. The Morgan fingerprint density at radius 2 is 1.45 bits per heavy atom. The second-order valence-electron chi connectivity index (χ2n) is 6.61. The van der Waals surface area contributed by atoms with Crippen molar-refractivity contribution in [3.05, 3.63) is 0 Å². The number of carbonyl (C=O) groups excluding carboxylic acids is 1. The van der Waals surface area contributed by atoms with Crippen molar-refractivity contribution in [3.8, 4) is 0 Å². The van der Waals surface area contributed by atoms with Gasteiger partial charge in [0.05, 0.1) is 0 Å². The molecular formula is C13H14F7O2-. The van der Waals surface area contributed by atoms with E-state index in [1.165, 1.54) is 0 Å². The quantitative estimate of drug-likeness (QED) is 0.744. The summed E-state index contributed by atoms with van der Waals surface area (Å²) in [5.74, 6) is -18.6. The van der Waals surface area contributed by atoms with Gasteiger partial charge in [0.25, 0.3) is 0 Å². The van der Waals surface area contributed by atoms with E-state index in [0.29, 0.717) is 6.42 Å². The monoisotopic (exact) mass is 335 g/mol. The molecule has 2 fully saturated rings. The van der Waals surface area contributed by atoms with Gasteiger partial charge in [-0.05, 0) is 23.7 Å². The van der Waals surface area contributed by atoms with Crippen molar-refractivity contribution in [1.29, 1.82) is 0 Å². The standard InChI is InChI=1S/C13H14F7O2/c1-10(2)5-3-4-6(10)8(21)7(5)9(22)11(14,15)12(16,17)13(18,19)20/h5-8H,3-4H2,1-2H3/q-1/t5-,6+,7?,8?/m0/s1. The van der Waals surface area contributed by atoms with Crippen molar-refractivity contribution in [2.24, 2.45) is 23.2 Å². The number of carbonyl (C=O) groups is 1. The molecule has 0 radical (unpaired) electrons. The van der Waals surface area contributed by atoms with E-state index in [0.717, 1.165) is 0 Å². The fourth-order valence-corrected chi connectivity index (χ4v) is 3.96. The van der Waals surface area contributed by atoms with Gasteiger partial charge in [-0.2, -0.15) is 30.7 Å². The van der Waals surface area contributed by atoms with Gasteiger partial charge in [0.1, 0.15) is 0 Å². The van der Waals surface area contributed by atoms with Gasteiger partial charge in [0, 0.05) is 5.92 Å². The zero-order valence-corrected chi connectivity index (χ0v) is 11.7. The summed E-state index contributed by atoms with van der Waals surface area (Å²) < 4.78 is 89.5. The van der Waals surface area contributed by atoms with Crippen molar-refractivity contribution in [2.45, 2.75) is 50.8 Å². The maximum atomic E-state index is 13.5. The van der Waals surface area contributed by atoms with E-state index in [2.05, 4.69) is 0 Å². The van der Waals surface area contributed by atoms with Crippen LogP contribution >= 0.6 is 0 Å². The summed E-state index contributed by atoms with van der Waals surface area (Å²) in [4.78, 5) is 11.7. The molecule has 2 saturated carbocycles. The molecule has 2 bridgehead atoms. The number of Topliss-reactive ketones (excluding diaryl/α,β-unsaturated/α-hetero) is 1. The molecule has 9 heteroatoms. The van der Waals surface area contributed by atoms with Crippen LogP contribution in [0.4, 0.5) is 30.7 Å². The third kappa shape index (κ3) is 2.00. The molecule has 0 spiro atoms. The molecule has 2 aliphatic rings. The van der Waals surface area contributed by atoms with Gasteiger partial charge >= 0.3 is 18.0 Å². The lowest BCUT2D eigenvalue weighted by Gasteiger charge is -2.38. The van der Waals surface area contributed by atoms with Crippen LogP contribution in [-0.4, -0.2) is 29.9 Å². The Morgan fingerprint density at radius 1 is 1.00 bits per heavy atom. The van der Waals surface area contributed by atoms with Crippen LogP contribution in [0, 0.1) is 23.2 Å². The van der Waals surface area contributed by atoms with E-state index in [-0.39, 0.29) is 6.42 Å². The van der Waals surface area contributed by atoms with Crippen molar-refractivity contribution in [1.82, 2.24) is 0 Å². The molecule has 2 unspecified atom stereocenters. The van der Waals surface area contributed by atoms with E-state index in [1.54, 1.807) is 13.8 Å². The van der Waals surface area contributed by atoms with Crippen molar-refractivity contribution < 1.29 is 40.6 Å². The van der Waals surface area contributed by atoms with Gasteiger partial charge in [-0.1, -0.05) is 20.3 Å². The van der Waals surface area contributed by atoms with Crippen LogP contribution in [0.15, 0.2) is 0 Å². The van der Waals surface area contributed by atoms with E-state index in [9.17, 15) is 40.6 Å². The minimum atomic E-state index is -6.57. The van der Waals surface area contributed by atoms with Crippen LogP contribution in [0.5, 0.6) is 0 Å². The average Bonchev–Trinajstić information content (AvgIpc) is 2.72. The number of hydrogen-bond donors (Lipinski definition) is 0. The van der Waals surface area contributed by atoms with Crippen LogP contribution < -0.4 is 5.11 Å². The summed E-state index contributed by atoms with van der Waals surface area (Å²) in [6, 6.07) is 0. The molecule has 0 saturated heterocycles. The largest absolute Gasteiger partial charge is 0.851 e. The van der Waals surface area contributed by atoms with Crippen LogP contribution in [0.2, 0.25) is 0 Å². The minimum Gasteiger partial charge on any atom is -0.851 e. The van der Waals surface area contributed by atoms with Gasteiger partial charge in [-0.25, -0.2) is 0 Å². The molecule has 2 aliphatic carbocycles. The molecule has 0 heterocycles. The average molecular weight is 335 g/mol. The predicted octanol–water partition coefficient (Wildman–Crippen LogP) is 2.80. The first-order valence-electron chi connectivity index (χ1n) is 6.70. The van der Waals surface area contributed by atoms with Crippen LogP contribution in [0.25, 0.3) is 0 Å². The van der Waals surface area contributed by atoms with Gasteiger partial charge in [0.2, 0.25) is 5.78 Å². The number of halogens is 7. The van der Waals surface area contributed by atoms with Gasteiger partial charge in [-0.15, -0.1) is 6.10 Å². The summed E-state index contributed by atoms with van der Waals surface area (Å²) in [5.41, 5.74) is -0.823. The Kier molecular flexibility index (Phi) is 3.64. The molecule has 0 aromatic carbocycles. The fourth-order valence-electron chi connectivity index (χ4n) is 3.96. The molecule has 0 aromatic heterocycles. The van der Waals surface area contributed by atoms with E-state index in [4.69, 9.17) is 0 Å². The highest BCUT2D eigenvalue weighted by molar-refractivity contribution is 5.90. The zero-order chi connectivity index (χ0) is 17.3. The molecular weight excluding hydrogens is 321 g/mol. The number of rotatable bonds is 3. The molecule has 2 rings (SSSR count). The molecule has 2 nitrogen and oxygen atoms in total. The maximum absolute atomic E-state index is 13.5. The van der Waals surface area contributed by atoms with Crippen LogP contribution in [0.3, 0.4) is 0 Å². The first kappa shape index (κ1) is 17.5. The molecule has 22 heavy (non-hydrogen) atoms. The highest BCUT2D eigenvalue weighted by Crippen LogP contribution is 2.61. The summed E-state index contributed by atoms with van der Waals surface area (Å²) >= 11 is 0. The third-order valence-electron chi connectivity index (χ3n) is 5.25. The van der Waals surface area contributed by atoms with Crippen LogP contribution in [-0.2, 0) is 4.79 Å². The number of ketones is 1. The number of alkyl halides is 7. The molecule has 4 atom stereocenters. The Balaban J connectivity index is 2.37. The Morgan fingerprint density at radius 3 is 1.82 bits per heavy atom. The summed E-state index contributed by atoms with van der Waals surface area (Å²) in [6.07, 6.45) is -7.90. The highest BCUT2D eigenvalue weighted by atomic mass is 19.4. The summed E-state index contributed by atoms with van der Waals surface area (Å²) in [7, 11) is 0. The van der Waals surface area contributed by atoms with Crippen molar-refractivity contribution >= 4 is 5.78 Å². The second-order valence-corrected chi connectivity index (χ2v) is 6.61. The number of hydrogen-bond acceptors (Lipinski definition) is 2. The minimum absolute atomic E-state index is 0.195. The lowest BCUT2D eigenvalue weighted by Crippen LogP contribution is -2.60. The summed E-state index contributed by atoms with van der Waals surface area (Å²) in [6.45, 7) is 3.10. The van der Waals surface area contributed by atoms with Crippen molar-refractivity contribution in [2.75, 3.05) is 0 Å². The third-order valence-corrected chi connectivity index (χ3v) is 5.25. The van der Waals surface area contributed by atoms with Crippen molar-refractivity contribution in [3.63, 3.8) is 0 Å². The van der Waals surface area contributed by atoms with Gasteiger partial charge < -0.3 is 5.11 Å². The maximum Gasteiger partial charge on any atom is 0.460 e. The van der Waals surface area contributed by atoms with E-state index < -0.39 is 53.1 Å². The van der Waals surface area contributed by atoms with E-state index in [1.807, 2.05) is 0 Å². The van der Waals surface area contributed by atoms with Gasteiger partial charge in [0.15, 0.2) is 0 Å². The topological polar surface area (TPSA) is 40.1 Å². The Hall–Kier alpha value is -0.860. The first-order chi connectivity index (χ1) is 9.67. The Labute approximate surface area is 121 Å². The van der Waals surface area contributed by atoms with Crippen LogP contribution in [0.1, 0.15) is 26.7 Å². The van der Waals surface area contributed by atoms with Gasteiger partial charge in [-0.3, -0.25) is 4.79 Å². The number of fused-ring (bicyclic) bond motifs is 2. The highest BCUT2D eigenvalue weighted by Gasteiger charge is 2.77. The van der Waals surface area contributed by atoms with E-state index >= 15 is 0 Å². The summed E-state index contributed by atoms with van der Waals surface area (Å²) in [5, 5.41) is 12.1. The second kappa shape index (κ2) is 4.58. The molecule has 0 amide bonds. The molecule has 128 valence electrons. The normalized spacial score (nSPS) is 35.0.